The molecule has 1 aromatic rings. The molecule has 1 fully saturated rings. The highest BCUT2D eigenvalue weighted by molar-refractivity contribution is 5.09. The number of hydrogen-bond donors (Lipinski definition) is 1. The van der Waals surface area contributed by atoms with Gasteiger partial charge in [0.05, 0.1) is 6.54 Å². The molecule has 4 heteroatoms. The fraction of sp³-hybridized carbons (Fsp3) is 0.600. The summed E-state index contributed by atoms with van der Waals surface area (Å²) in [5, 5.41) is 0. The van der Waals surface area contributed by atoms with Gasteiger partial charge in [0.1, 0.15) is 11.9 Å². The zero-order chi connectivity index (χ0) is 9.80. The predicted octanol–water partition coefficient (Wildman–Crippen LogP) is 1.26. The Morgan fingerprint density at radius 3 is 2.93 bits per heavy atom. The van der Waals surface area contributed by atoms with Crippen molar-refractivity contribution in [2.24, 2.45) is 5.73 Å². The summed E-state index contributed by atoms with van der Waals surface area (Å²) in [7, 11) is 0. The molecule has 0 spiro atoms. The zero-order valence-corrected chi connectivity index (χ0v) is 8.15. The van der Waals surface area contributed by atoms with Crippen LogP contribution in [0.4, 0.5) is 0 Å². The Labute approximate surface area is 83.5 Å². The molecule has 2 N–H and O–H groups in total. The second-order valence-corrected chi connectivity index (χ2v) is 3.54. The highest BCUT2D eigenvalue weighted by Crippen LogP contribution is 2.22. The first-order valence-electron chi connectivity index (χ1n) is 5.07. The molecule has 1 aliphatic rings. The Morgan fingerprint density at radius 1 is 1.43 bits per heavy atom. The van der Waals surface area contributed by atoms with E-state index in [1.165, 1.54) is 12.8 Å². The molecule has 4 nitrogen and oxygen atoms in total. The van der Waals surface area contributed by atoms with Crippen molar-refractivity contribution in [3.8, 4) is 5.88 Å². The minimum atomic E-state index is 0.343. The lowest BCUT2D eigenvalue weighted by atomic mass is 10.3. The number of rotatable bonds is 3. The average molecular weight is 193 g/mol. The monoisotopic (exact) mass is 193 g/mol. The van der Waals surface area contributed by atoms with E-state index in [-0.39, 0.29) is 0 Å². The summed E-state index contributed by atoms with van der Waals surface area (Å²) >= 11 is 0. The van der Waals surface area contributed by atoms with E-state index < -0.39 is 0 Å². The molecule has 76 valence electrons. The lowest BCUT2D eigenvalue weighted by Gasteiger charge is -2.11. The van der Waals surface area contributed by atoms with Gasteiger partial charge in [-0.15, -0.1) is 0 Å². The Kier molecular flexibility index (Phi) is 2.93. The highest BCUT2D eigenvalue weighted by Gasteiger charge is 2.16. The van der Waals surface area contributed by atoms with E-state index in [0.717, 1.165) is 12.8 Å². The van der Waals surface area contributed by atoms with Crippen molar-refractivity contribution in [3.05, 3.63) is 18.1 Å². The van der Waals surface area contributed by atoms with Crippen LogP contribution in [0.5, 0.6) is 5.88 Å². The normalized spacial score (nSPS) is 17.2. The summed E-state index contributed by atoms with van der Waals surface area (Å²) in [4.78, 5) is 8.21. The summed E-state index contributed by atoms with van der Waals surface area (Å²) in [5.41, 5.74) is 5.45. The summed E-state index contributed by atoms with van der Waals surface area (Å²) in [6.45, 7) is 0.363. The Hall–Kier alpha value is -1.16. The molecule has 0 radical (unpaired) electrons. The van der Waals surface area contributed by atoms with Gasteiger partial charge in [-0.1, -0.05) is 0 Å². The molecule has 14 heavy (non-hydrogen) atoms. The first-order chi connectivity index (χ1) is 6.88. The molecule has 1 saturated carbocycles. The van der Waals surface area contributed by atoms with Crippen molar-refractivity contribution in [3.63, 3.8) is 0 Å². The van der Waals surface area contributed by atoms with Crippen LogP contribution in [0.25, 0.3) is 0 Å². The average Bonchev–Trinajstić information content (AvgIpc) is 2.71. The van der Waals surface area contributed by atoms with Gasteiger partial charge in [-0.3, -0.25) is 0 Å². The highest BCUT2D eigenvalue weighted by atomic mass is 16.5. The molecule has 0 amide bonds. The number of hydrogen-bond acceptors (Lipinski definition) is 4. The molecule has 0 aliphatic heterocycles. The second-order valence-electron chi connectivity index (χ2n) is 3.54. The van der Waals surface area contributed by atoms with Crippen molar-refractivity contribution in [1.29, 1.82) is 0 Å². The number of ether oxygens (including phenoxy) is 1. The van der Waals surface area contributed by atoms with E-state index in [0.29, 0.717) is 24.4 Å². The number of nitrogens with zero attached hydrogens (tertiary/aromatic N) is 2. The summed E-state index contributed by atoms with van der Waals surface area (Å²) in [6, 6.07) is 1.79. The van der Waals surface area contributed by atoms with Crippen molar-refractivity contribution in [2.45, 2.75) is 38.3 Å². The van der Waals surface area contributed by atoms with Crippen molar-refractivity contribution in [1.82, 2.24) is 9.97 Å². The molecule has 0 unspecified atom stereocenters. The fourth-order valence-electron chi connectivity index (χ4n) is 1.72. The van der Waals surface area contributed by atoms with Gasteiger partial charge in [0.15, 0.2) is 0 Å². The van der Waals surface area contributed by atoms with E-state index in [2.05, 4.69) is 9.97 Å². The first-order valence-corrected chi connectivity index (χ1v) is 5.07. The molecule has 2 rings (SSSR count). The number of aromatic nitrogens is 2. The van der Waals surface area contributed by atoms with Crippen LogP contribution in [0.15, 0.2) is 12.3 Å². The summed E-state index contributed by atoms with van der Waals surface area (Å²) in [6.07, 6.45) is 6.85. The van der Waals surface area contributed by atoms with Crippen LogP contribution in [0.3, 0.4) is 0 Å². The van der Waals surface area contributed by atoms with E-state index in [1.807, 2.05) is 0 Å². The molecule has 1 heterocycles. The van der Waals surface area contributed by atoms with Gasteiger partial charge in [-0.05, 0) is 25.7 Å². The predicted molar refractivity (Wildman–Crippen MR) is 52.8 cm³/mol. The zero-order valence-electron chi connectivity index (χ0n) is 8.15. The Morgan fingerprint density at radius 2 is 2.21 bits per heavy atom. The van der Waals surface area contributed by atoms with Crippen LogP contribution >= 0.6 is 0 Å². The van der Waals surface area contributed by atoms with Crippen LogP contribution < -0.4 is 10.5 Å². The van der Waals surface area contributed by atoms with Crippen LogP contribution in [0.2, 0.25) is 0 Å². The van der Waals surface area contributed by atoms with Gasteiger partial charge in [0.2, 0.25) is 5.88 Å². The van der Waals surface area contributed by atoms with Crippen LogP contribution in [-0.4, -0.2) is 16.1 Å². The van der Waals surface area contributed by atoms with Gasteiger partial charge in [0.25, 0.3) is 0 Å². The summed E-state index contributed by atoms with van der Waals surface area (Å²) in [5.74, 6) is 1.30. The smallest absolute Gasteiger partial charge is 0.216 e. The molecule has 0 aromatic carbocycles. The second kappa shape index (κ2) is 4.37. The number of nitrogens with two attached hydrogens (primary N) is 1. The van der Waals surface area contributed by atoms with Crippen molar-refractivity contribution in [2.75, 3.05) is 0 Å². The molecule has 0 atom stereocenters. The van der Waals surface area contributed by atoms with Gasteiger partial charge in [-0.25, -0.2) is 4.98 Å². The van der Waals surface area contributed by atoms with E-state index in [1.54, 1.807) is 12.3 Å². The quantitative estimate of drug-likeness (QED) is 0.785. The Balaban J connectivity index is 2.00. The molecular formula is C10H15N3O. The van der Waals surface area contributed by atoms with Crippen molar-refractivity contribution >= 4 is 0 Å². The minimum Gasteiger partial charge on any atom is -0.474 e. The third-order valence-electron chi connectivity index (χ3n) is 2.45. The molecule has 0 bridgehead atoms. The van der Waals surface area contributed by atoms with E-state index >= 15 is 0 Å². The van der Waals surface area contributed by atoms with Crippen molar-refractivity contribution < 1.29 is 4.74 Å². The minimum absolute atomic E-state index is 0.343. The molecule has 0 saturated heterocycles. The van der Waals surface area contributed by atoms with E-state index in [9.17, 15) is 0 Å². The standard InChI is InChI=1S/C10H15N3O/c11-7-9-12-6-5-10(13-9)14-8-3-1-2-4-8/h5-6,8H,1-4,7,11H2. The lowest BCUT2D eigenvalue weighted by molar-refractivity contribution is 0.200. The largest absolute Gasteiger partial charge is 0.474 e. The first kappa shape index (κ1) is 9.40. The van der Waals surface area contributed by atoms with Gasteiger partial charge in [-0.2, -0.15) is 4.98 Å². The third-order valence-corrected chi connectivity index (χ3v) is 2.45. The third kappa shape index (κ3) is 2.20. The summed E-state index contributed by atoms with van der Waals surface area (Å²) < 4.78 is 5.71. The van der Waals surface area contributed by atoms with Gasteiger partial charge >= 0.3 is 0 Å². The molecule has 1 aliphatic carbocycles. The SMILES string of the molecule is NCc1nccc(OC2CCCC2)n1. The van der Waals surface area contributed by atoms with Crippen LogP contribution in [0.1, 0.15) is 31.5 Å². The van der Waals surface area contributed by atoms with Gasteiger partial charge in [0, 0.05) is 12.3 Å². The Bertz CT molecular complexity index is 297. The van der Waals surface area contributed by atoms with Crippen LogP contribution in [-0.2, 0) is 6.54 Å². The molecular weight excluding hydrogens is 178 g/mol. The fourth-order valence-corrected chi connectivity index (χ4v) is 1.72. The maximum atomic E-state index is 5.71. The maximum absolute atomic E-state index is 5.71. The van der Waals surface area contributed by atoms with E-state index in [4.69, 9.17) is 10.5 Å². The van der Waals surface area contributed by atoms with Gasteiger partial charge < -0.3 is 10.5 Å². The van der Waals surface area contributed by atoms with Crippen LogP contribution in [0, 0.1) is 0 Å². The maximum Gasteiger partial charge on any atom is 0.216 e. The molecule has 1 aromatic heterocycles. The lowest BCUT2D eigenvalue weighted by Crippen LogP contribution is -2.13. The topological polar surface area (TPSA) is 61.0 Å².